The van der Waals surface area contributed by atoms with E-state index in [1.54, 1.807) is 0 Å². The molecule has 0 atom stereocenters. The van der Waals surface area contributed by atoms with E-state index in [2.05, 4.69) is 19.2 Å². The van der Waals surface area contributed by atoms with Gasteiger partial charge in [-0.1, -0.05) is 13.8 Å². The first-order valence-corrected chi connectivity index (χ1v) is 4.40. The molecule has 0 aromatic rings. The van der Waals surface area contributed by atoms with Gasteiger partial charge < -0.3 is 17.5 Å². The van der Waals surface area contributed by atoms with Crippen LogP contribution >= 0.6 is 0 Å². The van der Waals surface area contributed by atoms with Gasteiger partial charge in [0, 0.05) is 45.9 Å². The van der Waals surface area contributed by atoms with Crippen LogP contribution in [-0.2, 0) is 37.4 Å². The molecule has 0 N–H and O–H groups in total. The van der Waals surface area contributed by atoms with Crippen LogP contribution in [0, 0.1) is 13.3 Å². The second-order valence-corrected chi connectivity index (χ2v) is 3.19. The Morgan fingerprint density at radius 1 is 1.23 bits per heavy atom. The topological polar surface area (TPSA) is 23.3 Å². The molecule has 0 rings (SSSR count). The Bertz CT molecular complexity index is 79.3. The minimum Gasteiger partial charge on any atom is -0.663 e. The molecule has 0 bridgehead atoms. The van der Waals surface area contributed by atoms with Crippen LogP contribution < -0.4 is 0 Å². The summed E-state index contributed by atoms with van der Waals surface area (Å²) in [6.45, 7) is 6.99. The molecule has 0 aromatic heterocycles. The number of likely N-dealkylation sites (N-methyl/N-ethyl adjacent to an activating group) is 1. The molecular formula is C10H23NOY-2. The van der Waals surface area contributed by atoms with Crippen molar-refractivity contribution in [2.75, 3.05) is 26.8 Å². The number of ether oxygens (including phenoxy) is 1. The van der Waals surface area contributed by atoms with Gasteiger partial charge in [0.25, 0.3) is 0 Å². The van der Waals surface area contributed by atoms with E-state index in [-0.39, 0.29) is 40.1 Å². The Balaban J connectivity index is -0.000000500. The molecule has 0 saturated heterocycles. The Morgan fingerprint density at radius 3 is 2.31 bits per heavy atom. The van der Waals surface area contributed by atoms with Crippen LogP contribution in [0.3, 0.4) is 0 Å². The van der Waals surface area contributed by atoms with Crippen LogP contribution in [0.15, 0.2) is 0 Å². The zero-order chi connectivity index (χ0) is 8.53. The Morgan fingerprint density at radius 2 is 1.85 bits per heavy atom. The largest absolute Gasteiger partial charge is 0.663 e. The van der Waals surface area contributed by atoms with Gasteiger partial charge in [-0.25, -0.2) is 0 Å². The third-order valence-corrected chi connectivity index (χ3v) is 1.53. The van der Waals surface area contributed by atoms with E-state index in [9.17, 15) is 0 Å². The quantitative estimate of drug-likeness (QED) is 0.511. The molecule has 2 nitrogen and oxygen atoms in total. The van der Waals surface area contributed by atoms with Gasteiger partial charge in [-0.05, 0) is 18.8 Å². The molecule has 0 saturated carbocycles. The summed E-state index contributed by atoms with van der Waals surface area (Å²) >= 11 is 0. The number of hydrogen-bond donors (Lipinski definition) is 0. The molecule has 0 spiro atoms. The molecule has 13 heavy (non-hydrogen) atoms. The average molecular weight is 262 g/mol. The van der Waals surface area contributed by atoms with Crippen LogP contribution in [0.4, 0.5) is 0 Å². The Kier molecular flexibility index (Phi) is 23.3. The molecule has 0 aliphatic rings. The van der Waals surface area contributed by atoms with Gasteiger partial charge in [-0.3, -0.25) is 0 Å². The first kappa shape index (κ1) is 19.6. The van der Waals surface area contributed by atoms with Crippen LogP contribution in [0.2, 0.25) is 0 Å². The fourth-order valence-electron chi connectivity index (χ4n) is 0.852. The molecule has 0 aromatic carbocycles. The fraction of sp³-hybridized carbons (Fsp3) is 0.900. The molecular weight excluding hydrogens is 239 g/mol. The fourth-order valence-corrected chi connectivity index (χ4v) is 0.852. The van der Waals surface area contributed by atoms with Crippen molar-refractivity contribution in [1.82, 2.24) is 0 Å². The van der Waals surface area contributed by atoms with Gasteiger partial charge in [0.05, 0.1) is 0 Å². The molecule has 0 amide bonds. The number of hydrogen-bond acceptors (Lipinski definition) is 1. The maximum absolute atomic E-state index is 5.33. The van der Waals surface area contributed by atoms with E-state index in [0.29, 0.717) is 0 Å². The predicted molar refractivity (Wildman–Crippen MR) is 55.5 cm³/mol. The van der Waals surface area contributed by atoms with Crippen LogP contribution in [0.25, 0.3) is 5.32 Å². The van der Waals surface area contributed by atoms with Crippen LogP contribution in [-0.4, -0.2) is 26.8 Å². The third-order valence-electron chi connectivity index (χ3n) is 1.53. The zero-order valence-corrected chi connectivity index (χ0v) is 12.4. The molecule has 0 aliphatic carbocycles. The predicted octanol–water partition coefficient (Wildman–Crippen LogP) is 2.89. The van der Waals surface area contributed by atoms with Gasteiger partial charge in [0.1, 0.15) is 0 Å². The summed E-state index contributed by atoms with van der Waals surface area (Å²) in [4.78, 5) is 0. The van der Waals surface area contributed by atoms with E-state index in [0.717, 1.165) is 25.7 Å². The van der Waals surface area contributed by atoms with Crippen molar-refractivity contribution in [3.63, 3.8) is 0 Å². The summed E-state index contributed by atoms with van der Waals surface area (Å²) in [5.74, 6) is 0.800. The van der Waals surface area contributed by atoms with Crippen molar-refractivity contribution in [3.05, 3.63) is 12.7 Å². The molecule has 0 heterocycles. The minimum absolute atomic E-state index is 0. The number of rotatable bonds is 7. The van der Waals surface area contributed by atoms with E-state index in [1.165, 1.54) is 12.8 Å². The molecule has 0 fully saturated rings. The summed E-state index contributed by atoms with van der Waals surface area (Å²) in [7, 11) is 1.82. The molecule has 1 radical (unpaired) electrons. The van der Waals surface area contributed by atoms with Crippen molar-refractivity contribution in [2.45, 2.75) is 26.7 Å². The third kappa shape index (κ3) is 19.4. The summed E-state index contributed by atoms with van der Waals surface area (Å²) < 4.78 is 5.33. The second-order valence-electron chi connectivity index (χ2n) is 3.19. The first-order valence-electron chi connectivity index (χ1n) is 4.40. The zero-order valence-electron chi connectivity index (χ0n) is 9.55. The van der Waals surface area contributed by atoms with E-state index in [1.807, 2.05) is 7.05 Å². The van der Waals surface area contributed by atoms with E-state index < -0.39 is 0 Å². The van der Waals surface area contributed by atoms with E-state index in [4.69, 9.17) is 4.74 Å². The Labute approximate surface area is 109 Å². The van der Waals surface area contributed by atoms with Gasteiger partial charge >= 0.3 is 0 Å². The maximum atomic E-state index is 5.33. The van der Waals surface area contributed by atoms with Gasteiger partial charge in [-0.15, -0.1) is 6.54 Å². The average Bonchev–Trinajstić information content (AvgIpc) is 1.96. The van der Waals surface area contributed by atoms with Crippen molar-refractivity contribution < 1.29 is 37.4 Å². The molecule has 79 valence electrons. The molecule has 3 heteroatoms. The van der Waals surface area contributed by atoms with Gasteiger partial charge in [0.2, 0.25) is 0 Å². The summed E-state index contributed by atoms with van der Waals surface area (Å²) in [6.07, 6.45) is 2.45. The summed E-state index contributed by atoms with van der Waals surface area (Å²) in [6, 6.07) is 0. The second kappa shape index (κ2) is 15.5. The summed E-state index contributed by atoms with van der Waals surface area (Å²) in [5.41, 5.74) is 0. The first-order chi connectivity index (χ1) is 5.27. The normalized spacial score (nSPS) is 9.23. The van der Waals surface area contributed by atoms with E-state index >= 15 is 0 Å². The number of nitrogens with zero attached hydrogens (tertiary/aromatic N) is 1. The van der Waals surface area contributed by atoms with Crippen molar-refractivity contribution in [3.8, 4) is 0 Å². The van der Waals surface area contributed by atoms with Crippen molar-refractivity contribution in [1.29, 1.82) is 0 Å². The maximum Gasteiger partial charge on any atom is 0.0465 e. The SMILES string of the molecule is C[N-]CCOCCCC(C)C.[CH3-].[Y]. The van der Waals surface area contributed by atoms with Crippen LogP contribution in [0.1, 0.15) is 26.7 Å². The Hall–Kier alpha value is 1.02. The summed E-state index contributed by atoms with van der Waals surface area (Å²) in [5, 5.41) is 3.94. The van der Waals surface area contributed by atoms with Crippen LogP contribution in [0.5, 0.6) is 0 Å². The smallest absolute Gasteiger partial charge is 0.0465 e. The standard InChI is InChI=1S/C9H20NO.CH3.Y/c1-9(2)5-4-7-11-8-6-10-3;;/h9H,4-8H2,1-3H3;1H3;/q2*-1;. The molecule has 0 unspecified atom stereocenters. The monoisotopic (exact) mass is 262 g/mol. The van der Waals surface area contributed by atoms with Crippen molar-refractivity contribution in [2.24, 2.45) is 5.92 Å². The van der Waals surface area contributed by atoms with Crippen molar-refractivity contribution >= 4 is 0 Å². The van der Waals surface area contributed by atoms with Gasteiger partial charge in [0.15, 0.2) is 0 Å². The van der Waals surface area contributed by atoms with Gasteiger partial charge in [-0.2, -0.15) is 7.05 Å². The minimum atomic E-state index is 0. The molecule has 0 aliphatic heterocycles.